The van der Waals surface area contributed by atoms with Gasteiger partial charge in [0, 0.05) is 29.6 Å². The van der Waals surface area contributed by atoms with E-state index < -0.39 is 33.4 Å². The van der Waals surface area contributed by atoms with E-state index in [1.54, 1.807) is 13.0 Å². The molecule has 8 heteroatoms. The van der Waals surface area contributed by atoms with Crippen molar-refractivity contribution < 1.29 is 22.0 Å². The molecular weight excluding hydrogens is 350 g/mol. The molecule has 2 aromatic carbocycles. The molecule has 0 heterocycles. The third kappa shape index (κ3) is 5.33. The maximum absolute atomic E-state index is 13.7. The van der Waals surface area contributed by atoms with Crippen LogP contribution in [0.2, 0.25) is 0 Å². The van der Waals surface area contributed by atoms with E-state index in [4.69, 9.17) is 0 Å². The van der Waals surface area contributed by atoms with Gasteiger partial charge < -0.3 is 10.6 Å². The first-order valence-corrected chi connectivity index (χ1v) is 9.34. The zero-order valence-electron chi connectivity index (χ0n) is 13.7. The molecule has 2 aromatic rings. The van der Waals surface area contributed by atoms with Crippen LogP contribution in [0.15, 0.2) is 47.4 Å². The van der Waals surface area contributed by atoms with Crippen molar-refractivity contribution in [2.75, 3.05) is 18.1 Å². The number of amides is 1. The zero-order chi connectivity index (χ0) is 18.6. The van der Waals surface area contributed by atoms with Gasteiger partial charge in [-0.1, -0.05) is 12.1 Å². The highest BCUT2D eigenvalue weighted by Crippen LogP contribution is 2.18. The van der Waals surface area contributed by atoms with Crippen molar-refractivity contribution in [3.8, 4) is 0 Å². The third-order valence-corrected chi connectivity index (χ3v) is 4.65. The number of hydrogen-bond donors (Lipinski definition) is 2. The van der Waals surface area contributed by atoms with E-state index in [2.05, 4.69) is 10.6 Å². The summed E-state index contributed by atoms with van der Waals surface area (Å²) in [7, 11) is -3.37. The second kappa shape index (κ2) is 7.71. The molecule has 0 aliphatic carbocycles. The lowest BCUT2D eigenvalue weighted by Crippen LogP contribution is -2.30. The fourth-order valence-electron chi connectivity index (χ4n) is 2.22. The van der Waals surface area contributed by atoms with Gasteiger partial charge in [0.2, 0.25) is 5.91 Å². The summed E-state index contributed by atoms with van der Waals surface area (Å²) in [5, 5.41) is 5.40. The van der Waals surface area contributed by atoms with Crippen LogP contribution in [0.5, 0.6) is 0 Å². The van der Waals surface area contributed by atoms with E-state index >= 15 is 0 Å². The van der Waals surface area contributed by atoms with Crippen LogP contribution in [0.3, 0.4) is 0 Å². The average molecular weight is 368 g/mol. The van der Waals surface area contributed by atoms with Gasteiger partial charge in [-0.15, -0.1) is 0 Å². The van der Waals surface area contributed by atoms with Crippen LogP contribution in [0.1, 0.15) is 18.5 Å². The summed E-state index contributed by atoms with van der Waals surface area (Å²) < 4.78 is 49.6. The Balaban J connectivity index is 1.97. The first-order chi connectivity index (χ1) is 11.7. The Morgan fingerprint density at radius 2 is 1.88 bits per heavy atom. The van der Waals surface area contributed by atoms with E-state index in [0.717, 1.165) is 18.4 Å². The number of nitrogens with one attached hydrogen (secondary N) is 2. The van der Waals surface area contributed by atoms with Crippen LogP contribution in [0, 0.1) is 11.6 Å². The van der Waals surface area contributed by atoms with Crippen molar-refractivity contribution in [2.45, 2.75) is 17.9 Å². The molecule has 0 bridgehead atoms. The SMILES string of the molecule is C[C@@H](NCC(=O)Nc1cccc(S(C)(=O)=O)c1)c1ccc(F)cc1F. The normalized spacial score (nSPS) is 12.6. The Bertz CT molecular complexity index is 885. The lowest BCUT2D eigenvalue weighted by Gasteiger charge is -2.15. The summed E-state index contributed by atoms with van der Waals surface area (Å²) in [5.41, 5.74) is 0.587. The first-order valence-electron chi connectivity index (χ1n) is 7.45. The van der Waals surface area contributed by atoms with Gasteiger partial charge in [-0.2, -0.15) is 0 Å². The van der Waals surface area contributed by atoms with Gasteiger partial charge >= 0.3 is 0 Å². The highest BCUT2D eigenvalue weighted by atomic mass is 32.2. The highest BCUT2D eigenvalue weighted by molar-refractivity contribution is 7.90. The first kappa shape index (κ1) is 19.0. The monoisotopic (exact) mass is 368 g/mol. The Morgan fingerprint density at radius 1 is 1.16 bits per heavy atom. The summed E-state index contributed by atoms with van der Waals surface area (Å²) in [6.07, 6.45) is 1.08. The molecule has 0 aliphatic rings. The molecule has 0 spiro atoms. The molecule has 0 unspecified atom stereocenters. The van der Waals surface area contributed by atoms with Gasteiger partial charge in [-0.05, 0) is 31.2 Å². The number of carbonyl (C=O) groups excluding carboxylic acids is 1. The van der Waals surface area contributed by atoms with Gasteiger partial charge in [-0.25, -0.2) is 17.2 Å². The summed E-state index contributed by atoms with van der Waals surface area (Å²) in [6.45, 7) is 1.52. The quantitative estimate of drug-likeness (QED) is 0.822. The number of sulfone groups is 1. The topological polar surface area (TPSA) is 75.3 Å². The number of benzene rings is 2. The average Bonchev–Trinajstić information content (AvgIpc) is 2.52. The maximum Gasteiger partial charge on any atom is 0.238 e. The molecule has 2 N–H and O–H groups in total. The molecule has 0 saturated heterocycles. The van der Waals surface area contributed by atoms with E-state index in [-0.39, 0.29) is 17.0 Å². The summed E-state index contributed by atoms with van der Waals surface area (Å²) in [4.78, 5) is 12.1. The molecule has 0 radical (unpaired) electrons. The van der Waals surface area contributed by atoms with Crippen LogP contribution in [-0.2, 0) is 14.6 Å². The molecule has 25 heavy (non-hydrogen) atoms. The molecule has 134 valence electrons. The van der Waals surface area contributed by atoms with Crippen LogP contribution < -0.4 is 10.6 Å². The van der Waals surface area contributed by atoms with E-state index in [9.17, 15) is 22.0 Å². The number of halogens is 2. The standard InChI is InChI=1S/C17H18F2N2O3S/c1-11(15-7-6-12(18)8-16(15)19)20-10-17(22)21-13-4-3-5-14(9-13)25(2,23)24/h3-9,11,20H,10H2,1-2H3,(H,21,22)/t11-/m1/s1. The van der Waals surface area contributed by atoms with Gasteiger partial charge in [0.25, 0.3) is 0 Å². The molecule has 0 fully saturated rings. The minimum atomic E-state index is -3.37. The molecule has 0 aromatic heterocycles. The third-order valence-electron chi connectivity index (χ3n) is 3.54. The molecule has 0 aliphatic heterocycles. The number of rotatable bonds is 6. The fraction of sp³-hybridized carbons (Fsp3) is 0.235. The Morgan fingerprint density at radius 3 is 2.52 bits per heavy atom. The minimum absolute atomic E-state index is 0.0972. The number of carbonyl (C=O) groups is 1. The van der Waals surface area contributed by atoms with Crippen molar-refractivity contribution >= 4 is 21.4 Å². The molecular formula is C17H18F2N2O3S. The smallest absolute Gasteiger partial charge is 0.238 e. The second-order valence-electron chi connectivity index (χ2n) is 5.62. The van der Waals surface area contributed by atoms with E-state index in [1.807, 2.05) is 0 Å². The van der Waals surface area contributed by atoms with Crippen molar-refractivity contribution in [3.05, 3.63) is 59.7 Å². The van der Waals surface area contributed by atoms with E-state index in [1.165, 1.54) is 24.3 Å². The number of anilines is 1. The predicted molar refractivity (Wildman–Crippen MR) is 91.0 cm³/mol. The molecule has 1 amide bonds. The molecule has 1 atom stereocenters. The van der Waals surface area contributed by atoms with Crippen molar-refractivity contribution in [3.63, 3.8) is 0 Å². The molecule has 5 nitrogen and oxygen atoms in total. The zero-order valence-corrected chi connectivity index (χ0v) is 14.5. The highest BCUT2D eigenvalue weighted by Gasteiger charge is 2.13. The van der Waals surface area contributed by atoms with Gasteiger partial charge in [0.05, 0.1) is 11.4 Å². The minimum Gasteiger partial charge on any atom is -0.325 e. The lowest BCUT2D eigenvalue weighted by atomic mass is 10.1. The predicted octanol–water partition coefficient (Wildman–Crippen LogP) is 2.66. The summed E-state index contributed by atoms with van der Waals surface area (Å²) in [5.74, 6) is -1.78. The molecule has 2 rings (SSSR count). The summed E-state index contributed by atoms with van der Waals surface area (Å²) >= 11 is 0. The Kier molecular flexibility index (Phi) is 5.86. The van der Waals surface area contributed by atoms with Crippen molar-refractivity contribution in [2.24, 2.45) is 0 Å². The fourth-order valence-corrected chi connectivity index (χ4v) is 2.88. The van der Waals surface area contributed by atoms with Gasteiger partial charge in [0.1, 0.15) is 11.6 Å². The Labute approximate surface area is 145 Å². The number of hydrogen-bond acceptors (Lipinski definition) is 4. The van der Waals surface area contributed by atoms with Crippen LogP contribution in [0.25, 0.3) is 0 Å². The van der Waals surface area contributed by atoms with E-state index in [0.29, 0.717) is 5.69 Å². The lowest BCUT2D eigenvalue weighted by molar-refractivity contribution is -0.115. The van der Waals surface area contributed by atoms with Crippen LogP contribution in [0.4, 0.5) is 14.5 Å². The largest absolute Gasteiger partial charge is 0.325 e. The van der Waals surface area contributed by atoms with Gasteiger partial charge in [-0.3, -0.25) is 4.79 Å². The molecule has 0 saturated carbocycles. The maximum atomic E-state index is 13.7. The van der Waals surface area contributed by atoms with Crippen LogP contribution >= 0.6 is 0 Å². The van der Waals surface area contributed by atoms with Crippen molar-refractivity contribution in [1.82, 2.24) is 5.32 Å². The van der Waals surface area contributed by atoms with Crippen molar-refractivity contribution in [1.29, 1.82) is 0 Å². The second-order valence-corrected chi connectivity index (χ2v) is 7.63. The Hall–Kier alpha value is -2.32. The summed E-state index contributed by atoms with van der Waals surface area (Å²) in [6, 6.07) is 8.62. The van der Waals surface area contributed by atoms with Gasteiger partial charge in [0.15, 0.2) is 9.84 Å². The van der Waals surface area contributed by atoms with Crippen LogP contribution in [-0.4, -0.2) is 27.1 Å².